The van der Waals surface area contributed by atoms with E-state index in [2.05, 4.69) is 5.32 Å². The first-order valence-corrected chi connectivity index (χ1v) is 6.33. The van der Waals surface area contributed by atoms with Gasteiger partial charge in [0.1, 0.15) is 11.8 Å². The number of hydrogen-bond donors (Lipinski definition) is 3. The Morgan fingerprint density at radius 3 is 2.45 bits per heavy atom. The zero-order valence-corrected chi connectivity index (χ0v) is 11.7. The lowest BCUT2D eigenvalue weighted by Gasteiger charge is -2.13. The van der Waals surface area contributed by atoms with Gasteiger partial charge in [0.25, 0.3) is 5.91 Å². The summed E-state index contributed by atoms with van der Waals surface area (Å²) in [6.45, 7) is 1.21. The minimum Gasteiger partial charge on any atom is -0.481 e. The van der Waals surface area contributed by atoms with Gasteiger partial charge in [-0.1, -0.05) is 6.07 Å². The van der Waals surface area contributed by atoms with E-state index in [9.17, 15) is 19.2 Å². The lowest BCUT2D eigenvalue weighted by molar-refractivity contribution is -0.140. The smallest absolute Gasteiger partial charge is 0.326 e. The molecule has 0 saturated heterocycles. The summed E-state index contributed by atoms with van der Waals surface area (Å²) in [5.74, 6) is -3.59. The third-order valence-corrected chi connectivity index (χ3v) is 2.61. The Balaban J connectivity index is 2.79. The molecule has 0 heterocycles. The van der Waals surface area contributed by atoms with Gasteiger partial charge in [-0.15, -0.1) is 0 Å². The molecule has 118 valence electrons. The molecule has 22 heavy (non-hydrogen) atoms. The third-order valence-electron chi connectivity index (χ3n) is 2.61. The topological polar surface area (TPSA) is 130 Å². The van der Waals surface area contributed by atoms with Crippen LogP contribution in [0.4, 0.5) is 0 Å². The molecule has 0 aliphatic heterocycles. The van der Waals surface area contributed by atoms with Gasteiger partial charge in [0.15, 0.2) is 0 Å². The number of carbonyl (C=O) groups excluding carboxylic acids is 2. The maximum absolute atomic E-state index is 12.0. The highest BCUT2D eigenvalue weighted by Gasteiger charge is 2.21. The van der Waals surface area contributed by atoms with E-state index in [1.807, 2.05) is 0 Å². The second kappa shape index (κ2) is 7.77. The van der Waals surface area contributed by atoms with Gasteiger partial charge in [-0.25, -0.2) is 4.79 Å². The Kier molecular flexibility index (Phi) is 6.06. The van der Waals surface area contributed by atoms with Crippen LogP contribution in [0.15, 0.2) is 24.3 Å². The number of amides is 1. The normalized spacial score (nSPS) is 11.3. The number of ether oxygens (including phenoxy) is 1. The molecule has 1 atom stereocenters. The average Bonchev–Trinajstić information content (AvgIpc) is 2.42. The molecule has 1 aromatic carbocycles. The first-order chi connectivity index (χ1) is 10.3. The van der Waals surface area contributed by atoms with Crippen LogP contribution < -0.4 is 10.1 Å². The molecule has 1 aromatic rings. The van der Waals surface area contributed by atoms with Crippen LogP contribution in [0.2, 0.25) is 0 Å². The van der Waals surface area contributed by atoms with Crippen molar-refractivity contribution in [2.45, 2.75) is 25.8 Å². The molecule has 0 bridgehead atoms. The highest BCUT2D eigenvalue weighted by Crippen LogP contribution is 2.14. The summed E-state index contributed by atoms with van der Waals surface area (Å²) in [6, 6.07) is 4.32. The van der Waals surface area contributed by atoms with Crippen molar-refractivity contribution in [3.8, 4) is 5.75 Å². The Morgan fingerprint density at radius 2 is 1.91 bits per heavy atom. The number of hydrogen-bond acceptors (Lipinski definition) is 5. The van der Waals surface area contributed by atoms with Gasteiger partial charge in [-0.2, -0.15) is 0 Å². The lowest BCUT2D eigenvalue weighted by atomic mass is 10.1. The molecular weight excluding hydrogens is 294 g/mol. The van der Waals surface area contributed by atoms with E-state index in [1.165, 1.54) is 31.2 Å². The number of carbonyl (C=O) groups is 4. The second-order valence-corrected chi connectivity index (χ2v) is 4.42. The molecule has 3 N–H and O–H groups in total. The van der Waals surface area contributed by atoms with Crippen molar-refractivity contribution < 1.29 is 34.1 Å². The molecule has 0 aliphatic carbocycles. The maximum Gasteiger partial charge on any atom is 0.326 e. The zero-order valence-electron chi connectivity index (χ0n) is 11.7. The van der Waals surface area contributed by atoms with Gasteiger partial charge in [-0.05, 0) is 24.6 Å². The van der Waals surface area contributed by atoms with Crippen LogP contribution in [0, 0.1) is 0 Å². The summed E-state index contributed by atoms with van der Waals surface area (Å²) < 4.78 is 4.82. The summed E-state index contributed by atoms with van der Waals surface area (Å²) in [4.78, 5) is 44.3. The van der Waals surface area contributed by atoms with Gasteiger partial charge >= 0.3 is 17.9 Å². The standard InChI is InChI=1S/C14H15NO7/c1-8(16)22-10-4-2-3-9(7-10)13(19)15-11(14(20)21)5-6-12(17)18/h2-4,7,11H,5-6H2,1H3,(H,15,19)(H,17,18)(H,20,21)/t11-/m1/s1. The van der Waals surface area contributed by atoms with Gasteiger partial charge in [0.05, 0.1) is 0 Å². The molecule has 1 rings (SSSR count). The molecule has 8 heteroatoms. The van der Waals surface area contributed by atoms with Crippen LogP contribution in [0.25, 0.3) is 0 Å². The largest absolute Gasteiger partial charge is 0.481 e. The minimum absolute atomic E-state index is 0.0975. The molecule has 0 unspecified atom stereocenters. The summed E-state index contributed by atoms with van der Waals surface area (Å²) in [5.41, 5.74) is 0.0975. The summed E-state index contributed by atoms with van der Waals surface area (Å²) in [6.07, 6.45) is -0.620. The fourth-order valence-corrected chi connectivity index (χ4v) is 1.63. The van der Waals surface area contributed by atoms with Gasteiger partial charge in [0.2, 0.25) is 0 Å². The molecule has 0 aliphatic rings. The van der Waals surface area contributed by atoms with Crippen molar-refractivity contribution in [1.82, 2.24) is 5.32 Å². The SMILES string of the molecule is CC(=O)Oc1cccc(C(=O)N[C@H](CCC(=O)O)C(=O)O)c1. The summed E-state index contributed by atoms with van der Waals surface area (Å²) >= 11 is 0. The molecule has 0 spiro atoms. The van der Waals surface area contributed by atoms with E-state index >= 15 is 0 Å². The van der Waals surface area contributed by atoms with E-state index in [-0.39, 0.29) is 24.2 Å². The summed E-state index contributed by atoms with van der Waals surface area (Å²) in [7, 11) is 0. The molecule has 0 radical (unpaired) electrons. The number of benzene rings is 1. The Bertz CT molecular complexity index is 597. The van der Waals surface area contributed by atoms with E-state index in [1.54, 1.807) is 0 Å². The van der Waals surface area contributed by atoms with Crippen molar-refractivity contribution in [2.24, 2.45) is 0 Å². The maximum atomic E-state index is 12.0. The number of rotatable bonds is 7. The van der Waals surface area contributed by atoms with Crippen molar-refractivity contribution >= 4 is 23.8 Å². The molecule has 8 nitrogen and oxygen atoms in total. The quantitative estimate of drug-likeness (QED) is 0.498. The monoisotopic (exact) mass is 309 g/mol. The number of nitrogens with one attached hydrogen (secondary N) is 1. The Labute approximate surface area is 125 Å². The van der Waals surface area contributed by atoms with Crippen molar-refractivity contribution in [3.63, 3.8) is 0 Å². The first-order valence-electron chi connectivity index (χ1n) is 6.33. The van der Waals surface area contributed by atoms with Crippen molar-refractivity contribution in [2.75, 3.05) is 0 Å². The Hall–Kier alpha value is -2.90. The lowest BCUT2D eigenvalue weighted by Crippen LogP contribution is -2.41. The molecular formula is C14H15NO7. The number of aliphatic carboxylic acids is 2. The van der Waals surface area contributed by atoms with Crippen molar-refractivity contribution in [1.29, 1.82) is 0 Å². The van der Waals surface area contributed by atoms with Crippen molar-refractivity contribution in [3.05, 3.63) is 29.8 Å². The van der Waals surface area contributed by atoms with Crippen LogP contribution in [0.3, 0.4) is 0 Å². The third kappa shape index (κ3) is 5.61. The van der Waals surface area contributed by atoms with E-state index in [0.29, 0.717) is 0 Å². The fraction of sp³-hybridized carbons (Fsp3) is 0.286. The Morgan fingerprint density at radius 1 is 1.23 bits per heavy atom. The van der Waals surface area contributed by atoms with Gasteiger partial charge in [-0.3, -0.25) is 14.4 Å². The average molecular weight is 309 g/mol. The highest BCUT2D eigenvalue weighted by molar-refractivity contribution is 5.97. The van der Waals surface area contributed by atoms with E-state index in [4.69, 9.17) is 14.9 Å². The van der Waals surface area contributed by atoms with Crippen LogP contribution in [-0.2, 0) is 14.4 Å². The van der Waals surface area contributed by atoms with Gasteiger partial charge < -0.3 is 20.3 Å². The predicted molar refractivity (Wildman–Crippen MR) is 73.5 cm³/mol. The minimum atomic E-state index is -1.33. The van der Waals surface area contributed by atoms with E-state index in [0.717, 1.165) is 0 Å². The van der Waals surface area contributed by atoms with Crippen LogP contribution in [0.1, 0.15) is 30.1 Å². The number of carboxylic acids is 2. The predicted octanol–water partition coefficient (Wildman–Crippen LogP) is 0.660. The zero-order chi connectivity index (χ0) is 16.7. The molecule has 1 amide bonds. The molecule has 0 saturated carbocycles. The van der Waals surface area contributed by atoms with Crippen LogP contribution in [0.5, 0.6) is 5.75 Å². The summed E-state index contributed by atoms with van der Waals surface area (Å²) in [5, 5.41) is 19.8. The van der Waals surface area contributed by atoms with Gasteiger partial charge in [0, 0.05) is 18.9 Å². The van der Waals surface area contributed by atoms with E-state index < -0.39 is 29.9 Å². The number of carboxylic acid groups (broad SMARTS) is 2. The fourth-order valence-electron chi connectivity index (χ4n) is 1.63. The second-order valence-electron chi connectivity index (χ2n) is 4.42. The first kappa shape index (κ1) is 17.2. The molecule has 0 fully saturated rings. The van der Waals surface area contributed by atoms with Crippen LogP contribution >= 0.6 is 0 Å². The molecule has 0 aromatic heterocycles. The highest BCUT2D eigenvalue weighted by atomic mass is 16.5. The number of esters is 1. The van der Waals surface area contributed by atoms with Crippen LogP contribution in [-0.4, -0.2) is 40.1 Å².